The molecule has 1 atom stereocenters. The van der Waals surface area contributed by atoms with Gasteiger partial charge in [-0.25, -0.2) is 13.6 Å². The summed E-state index contributed by atoms with van der Waals surface area (Å²) in [4.78, 5) is 25.3. The van der Waals surface area contributed by atoms with Crippen molar-refractivity contribution in [2.24, 2.45) is 5.73 Å². The molecule has 0 spiro atoms. The van der Waals surface area contributed by atoms with Crippen LogP contribution in [0.1, 0.15) is 16.8 Å². The first kappa shape index (κ1) is 17.2. The summed E-state index contributed by atoms with van der Waals surface area (Å²) in [5, 5.41) is 12.5. The van der Waals surface area contributed by atoms with Crippen molar-refractivity contribution in [3.05, 3.63) is 52.0 Å². The molecule has 27 heavy (non-hydrogen) atoms. The van der Waals surface area contributed by atoms with Gasteiger partial charge in [-0.3, -0.25) is 9.36 Å². The molecule has 8 nitrogen and oxygen atoms in total. The van der Waals surface area contributed by atoms with Crippen LogP contribution in [0.25, 0.3) is 16.7 Å². The van der Waals surface area contributed by atoms with E-state index in [0.29, 0.717) is 13.0 Å². The Morgan fingerprint density at radius 2 is 2.19 bits per heavy atom. The third-order valence-electron chi connectivity index (χ3n) is 4.60. The maximum absolute atomic E-state index is 15.4. The molecule has 2 aromatic heterocycles. The number of aromatic nitrogens is 2. The van der Waals surface area contributed by atoms with Crippen LogP contribution in [0.2, 0.25) is 0 Å². The number of anilines is 1. The Hall–Kier alpha value is -3.27. The summed E-state index contributed by atoms with van der Waals surface area (Å²) in [6.07, 6.45) is 2.73. The predicted molar refractivity (Wildman–Crippen MR) is 91.3 cm³/mol. The number of fused-ring (bicyclic) bond motifs is 1. The van der Waals surface area contributed by atoms with Gasteiger partial charge in [-0.2, -0.15) is 0 Å². The van der Waals surface area contributed by atoms with Crippen LogP contribution in [-0.4, -0.2) is 39.9 Å². The lowest BCUT2D eigenvalue weighted by Crippen LogP contribution is -2.28. The van der Waals surface area contributed by atoms with E-state index in [1.165, 1.54) is 17.2 Å². The highest BCUT2D eigenvalue weighted by Gasteiger charge is 2.29. The van der Waals surface area contributed by atoms with E-state index in [-0.39, 0.29) is 29.6 Å². The smallest absolute Gasteiger partial charge is 0.341 e. The quantitative estimate of drug-likeness (QED) is 0.712. The molecular weight excluding hydrogens is 362 g/mol. The summed E-state index contributed by atoms with van der Waals surface area (Å²) in [5.41, 5.74) is 3.61. The summed E-state index contributed by atoms with van der Waals surface area (Å²) >= 11 is 0. The van der Waals surface area contributed by atoms with Crippen LogP contribution in [0.4, 0.5) is 14.5 Å². The van der Waals surface area contributed by atoms with Crippen molar-refractivity contribution in [2.45, 2.75) is 12.5 Å². The molecule has 1 aromatic carbocycles. The fourth-order valence-electron chi connectivity index (χ4n) is 3.35. The van der Waals surface area contributed by atoms with E-state index in [0.717, 1.165) is 16.8 Å². The number of aromatic carboxylic acids is 1. The SMILES string of the molecule is NC1CCN(c2c(F)cc3c(=O)c(C(=O)O)cn(-c4ccon4)c3c2F)C1. The summed E-state index contributed by atoms with van der Waals surface area (Å²) in [5.74, 6) is -3.41. The number of carboxylic acid groups (broad SMARTS) is 1. The van der Waals surface area contributed by atoms with Crippen molar-refractivity contribution in [3.8, 4) is 5.82 Å². The summed E-state index contributed by atoms with van der Waals surface area (Å²) < 4.78 is 35.9. The lowest BCUT2D eigenvalue weighted by Gasteiger charge is -2.21. The number of halogens is 2. The van der Waals surface area contributed by atoms with Crippen molar-refractivity contribution in [2.75, 3.05) is 18.0 Å². The van der Waals surface area contributed by atoms with Gasteiger partial charge in [0.25, 0.3) is 0 Å². The Morgan fingerprint density at radius 1 is 1.41 bits per heavy atom. The summed E-state index contributed by atoms with van der Waals surface area (Å²) in [7, 11) is 0. The zero-order valence-corrected chi connectivity index (χ0v) is 13.9. The third-order valence-corrected chi connectivity index (χ3v) is 4.60. The molecule has 1 unspecified atom stereocenters. The Kier molecular flexibility index (Phi) is 3.92. The number of hydrogen-bond donors (Lipinski definition) is 2. The monoisotopic (exact) mass is 376 g/mol. The molecule has 3 N–H and O–H groups in total. The van der Waals surface area contributed by atoms with E-state index in [4.69, 9.17) is 10.3 Å². The van der Waals surface area contributed by atoms with Gasteiger partial charge < -0.3 is 20.3 Å². The highest BCUT2D eigenvalue weighted by Crippen LogP contribution is 2.32. The van der Waals surface area contributed by atoms with Crippen molar-refractivity contribution in [3.63, 3.8) is 0 Å². The predicted octanol–water partition coefficient (Wildman–Crippen LogP) is 1.49. The number of nitrogens with two attached hydrogens (primary N) is 1. The maximum Gasteiger partial charge on any atom is 0.341 e. The van der Waals surface area contributed by atoms with E-state index in [1.54, 1.807) is 0 Å². The first-order valence-electron chi connectivity index (χ1n) is 8.10. The number of pyridine rings is 1. The number of nitrogens with zero attached hydrogens (tertiary/aromatic N) is 3. The second-order valence-electron chi connectivity index (χ2n) is 6.32. The van der Waals surface area contributed by atoms with Crippen molar-refractivity contribution in [1.82, 2.24) is 9.72 Å². The van der Waals surface area contributed by atoms with Gasteiger partial charge in [-0.1, -0.05) is 5.16 Å². The van der Waals surface area contributed by atoms with Gasteiger partial charge >= 0.3 is 5.97 Å². The minimum absolute atomic E-state index is 0.0529. The lowest BCUT2D eigenvalue weighted by molar-refractivity contribution is 0.0695. The number of hydrogen-bond acceptors (Lipinski definition) is 6. The van der Waals surface area contributed by atoms with E-state index in [1.807, 2.05) is 0 Å². The summed E-state index contributed by atoms with van der Waals surface area (Å²) in [6, 6.07) is 2.00. The van der Waals surface area contributed by atoms with E-state index < -0.39 is 34.0 Å². The molecule has 1 fully saturated rings. The number of carboxylic acids is 1. The van der Waals surface area contributed by atoms with Crippen LogP contribution in [0.15, 0.2) is 33.9 Å². The Labute approximate surface area is 150 Å². The van der Waals surface area contributed by atoms with Crippen molar-refractivity contribution >= 4 is 22.6 Å². The molecule has 140 valence electrons. The fraction of sp³-hybridized carbons (Fsp3) is 0.235. The average molecular weight is 376 g/mol. The highest BCUT2D eigenvalue weighted by atomic mass is 19.1. The summed E-state index contributed by atoms with van der Waals surface area (Å²) in [6.45, 7) is 0.628. The second-order valence-corrected chi connectivity index (χ2v) is 6.32. The van der Waals surface area contributed by atoms with Crippen LogP contribution in [-0.2, 0) is 0 Å². The number of benzene rings is 1. The minimum atomic E-state index is -1.52. The molecule has 0 aliphatic carbocycles. The Bertz CT molecular complexity index is 1110. The number of carbonyl (C=O) groups is 1. The molecule has 0 radical (unpaired) electrons. The first-order chi connectivity index (χ1) is 12.9. The minimum Gasteiger partial charge on any atom is -0.477 e. The Balaban J connectivity index is 2.09. The molecule has 10 heteroatoms. The van der Waals surface area contributed by atoms with Gasteiger partial charge in [0.15, 0.2) is 11.6 Å². The molecule has 1 aliphatic heterocycles. The van der Waals surface area contributed by atoms with E-state index in [9.17, 15) is 19.1 Å². The van der Waals surface area contributed by atoms with Crippen molar-refractivity contribution < 1.29 is 23.2 Å². The standard InChI is InChI=1S/C17H14F2N4O4/c18-11-5-9-14(13(19)15(11)22-3-1-8(20)6-22)23(12-2-4-27-21-12)7-10(16(9)24)17(25)26/h2,4-5,7-8H,1,3,6,20H2,(H,25,26). The van der Waals surface area contributed by atoms with E-state index >= 15 is 4.39 Å². The van der Waals surface area contributed by atoms with Crippen LogP contribution in [0.5, 0.6) is 0 Å². The molecule has 0 amide bonds. The molecule has 3 heterocycles. The second kappa shape index (κ2) is 6.16. The number of rotatable bonds is 3. The maximum atomic E-state index is 15.4. The third kappa shape index (κ3) is 2.65. The van der Waals surface area contributed by atoms with Crippen LogP contribution >= 0.6 is 0 Å². The average Bonchev–Trinajstić information content (AvgIpc) is 3.27. The molecule has 3 aromatic rings. The van der Waals surface area contributed by atoms with Gasteiger partial charge in [-0.05, 0) is 12.5 Å². The molecule has 0 bridgehead atoms. The molecule has 0 saturated carbocycles. The van der Waals surface area contributed by atoms with Gasteiger partial charge in [-0.15, -0.1) is 0 Å². The molecule has 4 rings (SSSR count). The van der Waals surface area contributed by atoms with Crippen molar-refractivity contribution in [1.29, 1.82) is 0 Å². The molecule has 1 aliphatic rings. The largest absolute Gasteiger partial charge is 0.477 e. The van der Waals surface area contributed by atoms with Crippen LogP contribution in [0, 0.1) is 11.6 Å². The normalized spacial score (nSPS) is 17.0. The molecular formula is C17H14F2N4O4. The van der Waals surface area contributed by atoms with Gasteiger partial charge in [0.2, 0.25) is 5.43 Å². The molecule has 1 saturated heterocycles. The lowest BCUT2D eigenvalue weighted by atomic mass is 10.1. The fourth-order valence-corrected chi connectivity index (χ4v) is 3.35. The highest BCUT2D eigenvalue weighted by molar-refractivity contribution is 5.94. The van der Waals surface area contributed by atoms with E-state index in [2.05, 4.69) is 5.16 Å². The zero-order chi connectivity index (χ0) is 19.3. The first-order valence-corrected chi connectivity index (χ1v) is 8.10. The van der Waals surface area contributed by atoms with Gasteiger partial charge in [0.1, 0.15) is 23.3 Å². The topological polar surface area (TPSA) is 115 Å². The van der Waals surface area contributed by atoms with Gasteiger partial charge in [0.05, 0.1) is 10.9 Å². The zero-order valence-electron chi connectivity index (χ0n) is 13.9. The van der Waals surface area contributed by atoms with Crippen LogP contribution in [0.3, 0.4) is 0 Å². The van der Waals surface area contributed by atoms with Gasteiger partial charge in [0, 0.05) is 31.4 Å². The van der Waals surface area contributed by atoms with Crippen LogP contribution < -0.4 is 16.1 Å². The Morgan fingerprint density at radius 3 is 2.78 bits per heavy atom.